The van der Waals surface area contributed by atoms with Gasteiger partial charge in [0.25, 0.3) is 0 Å². The van der Waals surface area contributed by atoms with Crippen LogP contribution in [-0.2, 0) is 12.6 Å². The Labute approximate surface area is 177 Å². The molecule has 1 aliphatic rings. The van der Waals surface area contributed by atoms with Crippen molar-refractivity contribution in [3.8, 4) is 0 Å². The van der Waals surface area contributed by atoms with Crippen LogP contribution in [0.4, 0.5) is 36.3 Å². The van der Waals surface area contributed by atoms with Gasteiger partial charge in [-0.25, -0.2) is 4.98 Å². The minimum absolute atomic E-state index is 0.0433. The number of benzene rings is 2. The van der Waals surface area contributed by atoms with Crippen LogP contribution in [0.25, 0.3) is 0 Å². The first-order chi connectivity index (χ1) is 14.7. The van der Waals surface area contributed by atoms with Crippen LogP contribution in [-0.4, -0.2) is 15.8 Å². The first kappa shape index (κ1) is 20.8. The van der Waals surface area contributed by atoms with E-state index in [0.717, 1.165) is 28.9 Å². The Hall–Kier alpha value is -3.42. The number of hydrogen-bond donors (Lipinski definition) is 2. The molecule has 0 amide bonds. The Morgan fingerprint density at radius 1 is 0.903 bits per heavy atom. The smallest absolute Gasteiger partial charge is 0.339 e. The molecular formula is C23H21F3N4O. The fourth-order valence-electron chi connectivity index (χ4n) is 3.53. The summed E-state index contributed by atoms with van der Waals surface area (Å²) in [5, 5.41) is 6.05. The highest BCUT2D eigenvalue weighted by Gasteiger charge is 2.30. The number of Topliss-reactive ketones (excluding diaryl/α,β-unsaturated/α-hetero) is 1. The molecule has 0 unspecified atom stereocenters. The lowest BCUT2D eigenvalue weighted by Crippen LogP contribution is -2.18. The van der Waals surface area contributed by atoms with Crippen LogP contribution >= 0.6 is 0 Å². The van der Waals surface area contributed by atoms with E-state index >= 15 is 0 Å². The molecular weight excluding hydrogens is 405 g/mol. The summed E-state index contributed by atoms with van der Waals surface area (Å²) in [5.41, 5.74) is 3.48. The van der Waals surface area contributed by atoms with Gasteiger partial charge in [0.05, 0.1) is 16.8 Å². The Morgan fingerprint density at radius 3 is 2.42 bits per heavy atom. The van der Waals surface area contributed by atoms with Crippen molar-refractivity contribution in [1.29, 1.82) is 0 Å². The summed E-state index contributed by atoms with van der Waals surface area (Å²) in [7, 11) is 0. The Balaban J connectivity index is 1.72. The van der Waals surface area contributed by atoms with Gasteiger partial charge < -0.3 is 10.6 Å². The van der Waals surface area contributed by atoms with E-state index in [2.05, 4.69) is 20.6 Å². The minimum Gasteiger partial charge on any atom is -0.339 e. The van der Waals surface area contributed by atoms with Crippen LogP contribution in [0.5, 0.6) is 0 Å². The molecule has 0 saturated carbocycles. The third-order valence-corrected chi connectivity index (χ3v) is 5.30. The van der Waals surface area contributed by atoms with Crippen molar-refractivity contribution in [3.05, 3.63) is 70.4 Å². The fourth-order valence-corrected chi connectivity index (χ4v) is 3.53. The SMILES string of the molecule is Cc1ccc(Nc2nc(Nc3cccc(C(F)(F)F)c3)nc3c2C(=O)CCC3)cc1C. The molecule has 0 spiro atoms. The van der Waals surface area contributed by atoms with Crippen molar-refractivity contribution >= 4 is 28.9 Å². The molecule has 31 heavy (non-hydrogen) atoms. The number of aromatic nitrogens is 2. The van der Waals surface area contributed by atoms with Crippen molar-refractivity contribution in [2.24, 2.45) is 0 Å². The van der Waals surface area contributed by atoms with Crippen LogP contribution in [0, 0.1) is 13.8 Å². The number of alkyl halides is 3. The molecule has 8 heteroatoms. The van der Waals surface area contributed by atoms with E-state index in [4.69, 9.17) is 0 Å². The Morgan fingerprint density at radius 2 is 1.68 bits per heavy atom. The number of halogens is 3. The van der Waals surface area contributed by atoms with Gasteiger partial charge in [-0.1, -0.05) is 12.1 Å². The summed E-state index contributed by atoms with van der Waals surface area (Å²) in [6.45, 7) is 3.99. The summed E-state index contributed by atoms with van der Waals surface area (Å²) < 4.78 is 39.1. The third kappa shape index (κ3) is 4.52. The van der Waals surface area contributed by atoms with Gasteiger partial charge >= 0.3 is 6.18 Å². The van der Waals surface area contributed by atoms with Gasteiger partial charge in [-0.15, -0.1) is 0 Å². The number of hydrogen-bond acceptors (Lipinski definition) is 5. The molecule has 1 aliphatic carbocycles. The lowest BCUT2D eigenvalue weighted by atomic mass is 9.95. The molecule has 0 radical (unpaired) electrons. The average Bonchev–Trinajstić information content (AvgIpc) is 2.70. The Kier molecular flexibility index (Phi) is 5.39. The van der Waals surface area contributed by atoms with Crippen molar-refractivity contribution in [3.63, 3.8) is 0 Å². The number of carbonyl (C=O) groups excluding carboxylic acids is 1. The number of nitrogens with zero attached hydrogens (tertiary/aromatic N) is 2. The molecule has 0 bridgehead atoms. The first-order valence-corrected chi connectivity index (χ1v) is 9.93. The molecule has 2 aromatic carbocycles. The van der Waals surface area contributed by atoms with Crippen LogP contribution in [0.3, 0.4) is 0 Å². The van der Waals surface area contributed by atoms with E-state index in [1.807, 2.05) is 32.0 Å². The van der Waals surface area contributed by atoms with Gasteiger partial charge in [0.1, 0.15) is 5.82 Å². The van der Waals surface area contributed by atoms with Gasteiger partial charge in [-0.3, -0.25) is 4.79 Å². The maximum Gasteiger partial charge on any atom is 0.416 e. The van der Waals surface area contributed by atoms with Crippen molar-refractivity contribution in [1.82, 2.24) is 9.97 Å². The first-order valence-electron chi connectivity index (χ1n) is 9.93. The number of nitrogens with one attached hydrogen (secondary N) is 2. The minimum atomic E-state index is -4.45. The number of anilines is 4. The summed E-state index contributed by atoms with van der Waals surface area (Å²) in [6.07, 6.45) is -2.76. The zero-order chi connectivity index (χ0) is 22.2. The highest BCUT2D eigenvalue weighted by Crippen LogP contribution is 2.33. The van der Waals surface area contributed by atoms with Gasteiger partial charge in [-0.05, 0) is 68.1 Å². The summed E-state index contributed by atoms with van der Waals surface area (Å²) in [6, 6.07) is 10.7. The second-order valence-electron chi connectivity index (χ2n) is 7.62. The fraction of sp³-hybridized carbons (Fsp3) is 0.261. The number of ketones is 1. The molecule has 4 rings (SSSR count). The van der Waals surface area contributed by atoms with E-state index in [9.17, 15) is 18.0 Å². The molecule has 3 aromatic rings. The predicted octanol–water partition coefficient (Wildman–Crippen LogP) is 6.12. The molecule has 2 N–H and O–H groups in total. The topological polar surface area (TPSA) is 66.9 Å². The zero-order valence-electron chi connectivity index (χ0n) is 17.1. The van der Waals surface area contributed by atoms with E-state index in [1.165, 1.54) is 12.1 Å². The summed E-state index contributed by atoms with van der Waals surface area (Å²) in [5.74, 6) is 0.449. The highest BCUT2D eigenvalue weighted by molar-refractivity contribution is 6.03. The molecule has 0 atom stereocenters. The lowest BCUT2D eigenvalue weighted by Gasteiger charge is -2.20. The largest absolute Gasteiger partial charge is 0.416 e. The summed E-state index contributed by atoms with van der Waals surface area (Å²) >= 11 is 0. The number of aryl methyl sites for hydroxylation is 3. The zero-order valence-corrected chi connectivity index (χ0v) is 17.1. The van der Waals surface area contributed by atoms with E-state index in [1.54, 1.807) is 0 Å². The molecule has 0 fully saturated rings. The lowest BCUT2D eigenvalue weighted by molar-refractivity contribution is -0.137. The van der Waals surface area contributed by atoms with Crippen molar-refractivity contribution in [2.75, 3.05) is 10.6 Å². The van der Waals surface area contributed by atoms with E-state index in [0.29, 0.717) is 36.3 Å². The Bertz CT molecular complexity index is 1160. The number of carbonyl (C=O) groups is 1. The molecule has 0 saturated heterocycles. The average molecular weight is 426 g/mol. The molecule has 1 heterocycles. The van der Waals surface area contributed by atoms with Crippen molar-refractivity contribution in [2.45, 2.75) is 39.3 Å². The maximum atomic E-state index is 13.0. The van der Waals surface area contributed by atoms with Gasteiger partial charge in [-0.2, -0.15) is 18.2 Å². The normalized spacial score (nSPS) is 13.6. The monoisotopic (exact) mass is 426 g/mol. The predicted molar refractivity (Wildman–Crippen MR) is 113 cm³/mol. The summed E-state index contributed by atoms with van der Waals surface area (Å²) in [4.78, 5) is 21.4. The van der Waals surface area contributed by atoms with Crippen LogP contribution < -0.4 is 10.6 Å². The molecule has 1 aromatic heterocycles. The van der Waals surface area contributed by atoms with E-state index in [-0.39, 0.29) is 17.4 Å². The maximum absolute atomic E-state index is 13.0. The third-order valence-electron chi connectivity index (χ3n) is 5.30. The standard InChI is InChI=1S/C23H21F3N4O/c1-13-9-10-17(11-14(13)2)27-21-20-18(7-4-8-19(20)31)29-22(30-21)28-16-6-3-5-15(12-16)23(24,25)26/h3,5-6,9-12H,4,7-8H2,1-2H3,(H2,27,28,29,30). The van der Waals surface area contributed by atoms with E-state index < -0.39 is 11.7 Å². The molecule has 0 aliphatic heterocycles. The van der Waals surface area contributed by atoms with Crippen LogP contribution in [0.15, 0.2) is 42.5 Å². The molecule has 160 valence electrons. The van der Waals surface area contributed by atoms with Crippen molar-refractivity contribution < 1.29 is 18.0 Å². The quantitative estimate of drug-likeness (QED) is 0.526. The second-order valence-corrected chi connectivity index (χ2v) is 7.62. The van der Waals surface area contributed by atoms with Gasteiger partial charge in [0.2, 0.25) is 5.95 Å². The number of fused-ring (bicyclic) bond motifs is 1. The van der Waals surface area contributed by atoms with Crippen LogP contribution in [0.1, 0.15) is 45.6 Å². The van der Waals surface area contributed by atoms with Gasteiger partial charge in [0.15, 0.2) is 5.78 Å². The molecule has 5 nitrogen and oxygen atoms in total. The number of rotatable bonds is 4. The second kappa shape index (κ2) is 8.02. The van der Waals surface area contributed by atoms with Crippen LogP contribution in [0.2, 0.25) is 0 Å². The highest BCUT2D eigenvalue weighted by atomic mass is 19.4. The van der Waals surface area contributed by atoms with Gasteiger partial charge in [0, 0.05) is 17.8 Å².